The molecule has 5 N–H and O–H groups in total. The fraction of sp³-hybridized carbons (Fsp3) is 0.261. The van der Waals surface area contributed by atoms with Gasteiger partial charge in [-0.2, -0.15) is 0 Å². The van der Waals surface area contributed by atoms with E-state index in [2.05, 4.69) is 10.6 Å². The zero-order valence-corrected chi connectivity index (χ0v) is 17.0. The highest BCUT2D eigenvalue weighted by Gasteiger charge is 2.20. The summed E-state index contributed by atoms with van der Waals surface area (Å²) in [5.41, 5.74) is 10.00. The van der Waals surface area contributed by atoms with Crippen LogP contribution in [0.25, 0.3) is 22.6 Å². The number of morpholine rings is 1. The molecule has 1 aliphatic rings. The predicted octanol–water partition coefficient (Wildman–Crippen LogP) is 1.86. The molecule has 0 saturated carbocycles. The van der Waals surface area contributed by atoms with Gasteiger partial charge in [0.15, 0.2) is 5.82 Å². The number of hydrogen-bond acceptors (Lipinski definition) is 7. The zero-order valence-electron chi connectivity index (χ0n) is 17.0. The number of carbonyl (C=O) groups is 1. The Balaban J connectivity index is 1.78. The van der Waals surface area contributed by atoms with Gasteiger partial charge in [0.05, 0.1) is 31.1 Å². The molecule has 31 heavy (non-hydrogen) atoms. The number of anilines is 1. The molecule has 4 rings (SSSR count). The van der Waals surface area contributed by atoms with Gasteiger partial charge in [0.25, 0.3) is 0 Å². The van der Waals surface area contributed by atoms with Crippen molar-refractivity contribution in [2.75, 3.05) is 31.6 Å². The molecule has 2 aromatic carbocycles. The average Bonchev–Trinajstić information content (AvgIpc) is 2.84. The van der Waals surface area contributed by atoms with Crippen molar-refractivity contribution in [1.82, 2.24) is 15.3 Å². The normalized spacial score (nSPS) is 16.1. The Kier molecular flexibility index (Phi) is 6.63. The van der Waals surface area contributed by atoms with Gasteiger partial charge >= 0.3 is 0 Å². The second-order valence-electron chi connectivity index (χ2n) is 7.26. The molecule has 0 spiro atoms. The van der Waals surface area contributed by atoms with Crippen LogP contribution >= 0.6 is 0 Å². The first-order chi connectivity index (χ1) is 15.2. The molecule has 0 bridgehead atoms. The van der Waals surface area contributed by atoms with Crippen molar-refractivity contribution < 1.29 is 14.6 Å². The summed E-state index contributed by atoms with van der Waals surface area (Å²) >= 11 is 0. The molecule has 1 atom stereocenters. The maximum atomic E-state index is 11.7. The number of ether oxygens (including phenoxy) is 1. The van der Waals surface area contributed by atoms with Crippen molar-refractivity contribution in [3.8, 4) is 22.6 Å². The standard InChI is InChI=1S/C23H25N5O3/c24-12-22(30)26-18-6-2-5-17(10-18)23-27-19(16-4-1-3-15(9-16)14-29)11-20(28-23)21-13-25-7-8-31-21/h1-6,9-11,21,25,29H,7-8,12-14,24H2,(H,26,30). The third-order valence-electron chi connectivity index (χ3n) is 5.00. The van der Waals surface area contributed by atoms with Gasteiger partial charge in [-0.05, 0) is 29.8 Å². The molecule has 8 nitrogen and oxygen atoms in total. The SMILES string of the molecule is NCC(=O)Nc1cccc(-c2nc(-c3cccc(CO)c3)cc(C3CNCCO3)n2)c1. The Morgan fingerprint density at radius 2 is 2.00 bits per heavy atom. The number of nitrogens with zero attached hydrogens (tertiary/aromatic N) is 2. The van der Waals surface area contributed by atoms with Crippen LogP contribution in [-0.4, -0.2) is 47.2 Å². The summed E-state index contributed by atoms with van der Waals surface area (Å²) in [6.07, 6.45) is -0.185. The van der Waals surface area contributed by atoms with Crippen molar-refractivity contribution in [3.05, 3.63) is 65.9 Å². The molecule has 1 unspecified atom stereocenters. The van der Waals surface area contributed by atoms with Crippen molar-refractivity contribution in [2.45, 2.75) is 12.7 Å². The number of benzene rings is 2. The highest BCUT2D eigenvalue weighted by molar-refractivity contribution is 5.92. The molecular weight excluding hydrogens is 394 g/mol. The van der Waals surface area contributed by atoms with E-state index in [0.29, 0.717) is 24.7 Å². The van der Waals surface area contributed by atoms with E-state index in [1.54, 1.807) is 6.07 Å². The fourth-order valence-corrected chi connectivity index (χ4v) is 3.44. The van der Waals surface area contributed by atoms with E-state index in [9.17, 15) is 9.90 Å². The number of aromatic nitrogens is 2. The van der Waals surface area contributed by atoms with Gasteiger partial charge in [-0.15, -0.1) is 0 Å². The molecule has 1 aromatic heterocycles. The Bertz CT molecular complexity index is 1070. The number of nitrogens with one attached hydrogen (secondary N) is 2. The number of carbonyl (C=O) groups excluding carboxylic acids is 1. The van der Waals surface area contributed by atoms with Crippen LogP contribution in [0.15, 0.2) is 54.6 Å². The largest absolute Gasteiger partial charge is 0.392 e. The smallest absolute Gasteiger partial charge is 0.238 e. The molecule has 1 fully saturated rings. The minimum atomic E-state index is -0.269. The van der Waals surface area contributed by atoms with E-state index in [-0.39, 0.29) is 25.2 Å². The van der Waals surface area contributed by atoms with E-state index in [1.807, 2.05) is 48.5 Å². The van der Waals surface area contributed by atoms with Gasteiger partial charge < -0.3 is 26.2 Å². The van der Waals surface area contributed by atoms with Gasteiger partial charge in [-0.3, -0.25) is 4.79 Å². The molecule has 1 amide bonds. The minimum absolute atomic E-state index is 0.0445. The molecule has 1 saturated heterocycles. The predicted molar refractivity (Wildman–Crippen MR) is 118 cm³/mol. The molecule has 0 aliphatic carbocycles. The number of rotatable bonds is 6. The van der Waals surface area contributed by atoms with Crippen LogP contribution in [0.1, 0.15) is 17.4 Å². The van der Waals surface area contributed by atoms with Crippen LogP contribution in [0.2, 0.25) is 0 Å². The quantitative estimate of drug-likeness (QED) is 0.481. The maximum absolute atomic E-state index is 11.7. The van der Waals surface area contributed by atoms with E-state index >= 15 is 0 Å². The van der Waals surface area contributed by atoms with Crippen LogP contribution in [0.4, 0.5) is 5.69 Å². The summed E-state index contributed by atoms with van der Waals surface area (Å²) in [4.78, 5) is 21.2. The summed E-state index contributed by atoms with van der Waals surface area (Å²) in [6, 6.07) is 16.9. The Labute approximate surface area is 180 Å². The molecule has 1 aliphatic heterocycles. The van der Waals surface area contributed by atoms with Crippen molar-refractivity contribution in [1.29, 1.82) is 0 Å². The number of aliphatic hydroxyl groups excluding tert-OH is 1. The lowest BCUT2D eigenvalue weighted by Gasteiger charge is -2.24. The third kappa shape index (κ3) is 5.12. The number of hydrogen-bond donors (Lipinski definition) is 4. The van der Waals surface area contributed by atoms with Gasteiger partial charge in [-0.1, -0.05) is 30.3 Å². The van der Waals surface area contributed by atoms with Crippen molar-refractivity contribution >= 4 is 11.6 Å². The second kappa shape index (κ2) is 9.76. The first kappa shape index (κ1) is 21.1. The maximum Gasteiger partial charge on any atom is 0.238 e. The number of aliphatic hydroxyl groups is 1. The second-order valence-corrected chi connectivity index (χ2v) is 7.26. The van der Waals surface area contributed by atoms with E-state index in [4.69, 9.17) is 20.4 Å². The fourth-order valence-electron chi connectivity index (χ4n) is 3.44. The van der Waals surface area contributed by atoms with Crippen LogP contribution < -0.4 is 16.4 Å². The van der Waals surface area contributed by atoms with Crippen molar-refractivity contribution in [3.63, 3.8) is 0 Å². The highest BCUT2D eigenvalue weighted by Crippen LogP contribution is 2.28. The summed E-state index contributed by atoms with van der Waals surface area (Å²) in [6.45, 7) is 1.95. The number of nitrogens with two attached hydrogens (primary N) is 1. The molecule has 3 aromatic rings. The van der Waals surface area contributed by atoms with Crippen LogP contribution in [0, 0.1) is 0 Å². The van der Waals surface area contributed by atoms with Gasteiger partial charge in [0.2, 0.25) is 5.91 Å². The first-order valence-electron chi connectivity index (χ1n) is 10.2. The van der Waals surface area contributed by atoms with Gasteiger partial charge in [0.1, 0.15) is 6.10 Å². The summed E-state index contributed by atoms with van der Waals surface area (Å²) < 4.78 is 5.92. The lowest BCUT2D eigenvalue weighted by molar-refractivity contribution is -0.114. The van der Waals surface area contributed by atoms with E-state index in [1.165, 1.54) is 0 Å². The highest BCUT2D eigenvalue weighted by atomic mass is 16.5. The molecule has 160 valence electrons. The molecule has 2 heterocycles. The van der Waals surface area contributed by atoms with E-state index < -0.39 is 0 Å². The lowest BCUT2D eigenvalue weighted by atomic mass is 10.1. The average molecular weight is 419 g/mol. The Morgan fingerprint density at radius 3 is 2.77 bits per heavy atom. The van der Waals surface area contributed by atoms with Crippen LogP contribution in [0.3, 0.4) is 0 Å². The van der Waals surface area contributed by atoms with Gasteiger partial charge in [-0.25, -0.2) is 9.97 Å². The molecule has 0 radical (unpaired) electrons. The summed E-state index contributed by atoms with van der Waals surface area (Å²) in [5, 5.41) is 15.6. The van der Waals surface area contributed by atoms with Crippen molar-refractivity contribution in [2.24, 2.45) is 5.73 Å². The van der Waals surface area contributed by atoms with Crippen LogP contribution in [-0.2, 0) is 16.1 Å². The Hall–Kier alpha value is -3.17. The first-order valence-corrected chi connectivity index (χ1v) is 10.2. The monoisotopic (exact) mass is 419 g/mol. The number of amides is 1. The van der Waals surface area contributed by atoms with Crippen LogP contribution in [0.5, 0.6) is 0 Å². The summed E-state index contributed by atoms with van der Waals surface area (Å²) in [7, 11) is 0. The molecular formula is C23H25N5O3. The lowest BCUT2D eigenvalue weighted by Crippen LogP contribution is -2.33. The van der Waals surface area contributed by atoms with Gasteiger partial charge in [0, 0.05) is 29.9 Å². The van der Waals surface area contributed by atoms with E-state index in [0.717, 1.165) is 34.6 Å². The third-order valence-corrected chi connectivity index (χ3v) is 5.00. The summed E-state index contributed by atoms with van der Waals surface area (Å²) in [5.74, 6) is 0.259. The zero-order chi connectivity index (χ0) is 21.6. The Morgan fingerprint density at radius 1 is 1.16 bits per heavy atom. The topological polar surface area (TPSA) is 122 Å². The minimum Gasteiger partial charge on any atom is -0.392 e. The molecule has 8 heteroatoms.